The van der Waals surface area contributed by atoms with Gasteiger partial charge in [-0.3, -0.25) is 0 Å². The van der Waals surface area contributed by atoms with Crippen LogP contribution in [0.15, 0.2) is 0 Å². The summed E-state index contributed by atoms with van der Waals surface area (Å²) >= 11 is 0. The Hall–Kier alpha value is -0.120. The van der Waals surface area contributed by atoms with Crippen molar-refractivity contribution in [3.8, 4) is 0 Å². The van der Waals surface area contributed by atoms with Crippen molar-refractivity contribution >= 4 is 0 Å². The minimum absolute atomic E-state index is 0.0602. The molecule has 0 radical (unpaired) electrons. The standard InChI is InChI=1S/C9H18O3/c1-9(2,3)12-7-5-6(10)8(7)11-4/h6-8,10H,5H2,1-4H3/t6-,7-,8-/m1/s1. The predicted molar refractivity (Wildman–Crippen MR) is 46.0 cm³/mol. The van der Waals surface area contributed by atoms with Crippen molar-refractivity contribution in [2.75, 3.05) is 7.11 Å². The van der Waals surface area contributed by atoms with Gasteiger partial charge < -0.3 is 14.6 Å². The number of rotatable bonds is 2. The van der Waals surface area contributed by atoms with Gasteiger partial charge in [0.25, 0.3) is 0 Å². The predicted octanol–water partition coefficient (Wildman–Crippen LogP) is 0.950. The zero-order chi connectivity index (χ0) is 9.35. The Morgan fingerprint density at radius 1 is 1.33 bits per heavy atom. The molecule has 0 aliphatic heterocycles. The molecule has 0 amide bonds. The van der Waals surface area contributed by atoms with Gasteiger partial charge in [0.1, 0.15) is 6.10 Å². The molecule has 1 N–H and O–H groups in total. The minimum atomic E-state index is -0.345. The number of ether oxygens (including phenoxy) is 2. The monoisotopic (exact) mass is 174 g/mol. The fraction of sp³-hybridized carbons (Fsp3) is 1.00. The second kappa shape index (κ2) is 3.32. The smallest absolute Gasteiger partial charge is 0.109 e. The van der Waals surface area contributed by atoms with Crippen LogP contribution in [-0.2, 0) is 9.47 Å². The average Bonchev–Trinajstić information content (AvgIpc) is 1.84. The Labute approximate surface area is 73.7 Å². The molecule has 1 aliphatic carbocycles. The molecule has 0 aromatic carbocycles. The lowest BCUT2D eigenvalue weighted by atomic mass is 9.87. The molecule has 1 aliphatic rings. The maximum Gasteiger partial charge on any atom is 0.109 e. The highest BCUT2D eigenvalue weighted by molar-refractivity contribution is 4.92. The van der Waals surface area contributed by atoms with Gasteiger partial charge in [-0.2, -0.15) is 0 Å². The van der Waals surface area contributed by atoms with Crippen molar-refractivity contribution < 1.29 is 14.6 Å². The van der Waals surface area contributed by atoms with E-state index < -0.39 is 0 Å². The number of aliphatic hydroxyl groups excluding tert-OH is 1. The van der Waals surface area contributed by atoms with E-state index in [0.717, 1.165) is 0 Å². The van der Waals surface area contributed by atoms with Crippen molar-refractivity contribution in [1.82, 2.24) is 0 Å². The van der Waals surface area contributed by atoms with Crippen LogP contribution in [0.2, 0.25) is 0 Å². The molecule has 72 valence electrons. The van der Waals surface area contributed by atoms with E-state index in [1.165, 1.54) is 0 Å². The molecule has 0 spiro atoms. The van der Waals surface area contributed by atoms with Gasteiger partial charge in [-0.25, -0.2) is 0 Å². The lowest BCUT2D eigenvalue weighted by Crippen LogP contribution is -2.55. The maximum atomic E-state index is 9.27. The van der Waals surface area contributed by atoms with Crippen LogP contribution in [0.1, 0.15) is 27.2 Å². The summed E-state index contributed by atoms with van der Waals surface area (Å²) in [5.41, 5.74) is -0.151. The molecule has 3 atom stereocenters. The zero-order valence-corrected chi connectivity index (χ0v) is 8.20. The second-order valence-electron chi connectivity index (χ2n) is 4.27. The Bertz CT molecular complexity index is 150. The minimum Gasteiger partial charge on any atom is -0.390 e. The van der Waals surface area contributed by atoms with Crippen molar-refractivity contribution in [1.29, 1.82) is 0 Å². The van der Waals surface area contributed by atoms with Gasteiger partial charge in [0.05, 0.1) is 17.8 Å². The SMILES string of the molecule is CO[C@@H]1[C@H](O)C[C@H]1OC(C)(C)C. The van der Waals surface area contributed by atoms with Gasteiger partial charge in [-0.15, -0.1) is 0 Å². The Kier molecular flexibility index (Phi) is 2.76. The first kappa shape index (κ1) is 9.96. The number of aliphatic hydroxyl groups is 1. The quantitative estimate of drug-likeness (QED) is 0.677. The summed E-state index contributed by atoms with van der Waals surface area (Å²) in [6.45, 7) is 6.01. The van der Waals surface area contributed by atoms with Gasteiger partial charge in [0.15, 0.2) is 0 Å². The van der Waals surface area contributed by atoms with Crippen LogP contribution in [0, 0.1) is 0 Å². The number of methoxy groups -OCH3 is 1. The van der Waals surface area contributed by atoms with Crippen LogP contribution in [0.4, 0.5) is 0 Å². The van der Waals surface area contributed by atoms with Crippen LogP contribution < -0.4 is 0 Å². The summed E-state index contributed by atoms with van der Waals surface area (Å²) in [6, 6.07) is 0. The van der Waals surface area contributed by atoms with Crippen molar-refractivity contribution in [2.24, 2.45) is 0 Å². The zero-order valence-electron chi connectivity index (χ0n) is 8.20. The molecule has 0 bridgehead atoms. The molecule has 0 heterocycles. The normalized spacial score (nSPS) is 36.2. The molecule has 0 aromatic heterocycles. The van der Waals surface area contributed by atoms with Gasteiger partial charge in [-0.1, -0.05) is 0 Å². The highest BCUT2D eigenvalue weighted by atomic mass is 16.6. The largest absolute Gasteiger partial charge is 0.390 e. The van der Waals surface area contributed by atoms with E-state index >= 15 is 0 Å². The van der Waals surface area contributed by atoms with Crippen molar-refractivity contribution in [3.63, 3.8) is 0 Å². The van der Waals surface area contributed by atoms with Gasteiger partial charge in [0.2, 0.25) is 0 Å². The van der Waals surface area contributed by atoms with E-state index in [4.69, 9.17) is 9.47 Å². The summed E-state index contributed by atoms with van der Waals surface area (Å²) < 4.78 is 10.7. The molecule has 1 rings (SSSR count). The third-order valence-corrected chi connectivity index (χ3v) is 2.00. The summed E-state index contributed by atoms with van der Waals surface area (Å²) in [4.78, 5) is 0. The molecule has 0 saturated heterocycles. The topological polar surface area (TPSA) is 38.7 Å². The Morgan fingerprint density at radius 2 is 1.92 bits per heavy atom. The summed E-state index contributed by atoms with van der Waals surface area (Å²) in [5.74, 6) is 0. The van der Waals surface area contributed by atoms with E-state index in [-0.39, 0.29) is 23.9 Å². The first-order chi connectivity index (χ1) is 5.44. The van der Waals surface area contributed by atoms with E-state index in [1.54, 1.807) is 7.11 Å². The highest BCUT2D eigenvalue weighted by Crippen LogP contribution is 2.29. The van der Waals surface area contributed by atoms with E-state index in [9.17, 15) is 5.11 Å². The first-order valence-corrected chi connectivity index (χ1v) is 4.33. The fourth-order valence-corrected chi connectivity index (χ4v) is 1.44. The summed E-state index contributed by atoms with van der Waals surface area (Å²) in [6.07, 6.45) is 0.270. The molecule has 0 unspecified atom stereocenters. The molecule has 3 heteroatoms. The van der Waals surface area contributed by atoms with Crippen molar-refractivity contribution in [3.05, 3.63) is 0 Å². The van der Waals surface area contributed by atoms with Gasteiger partial charge in [0, 0.05) is 13.5 Å². The molecule has 3 nitrogen and oxygen atoms in total. The Morgan fingerprint density at radius 3 is 2.25 bits per heavy atom. The molecular weight excluding hydrogens is 156 g/mol. The molecule has 12 heavy (non-hydrogen) atoms. The first-order valence-electron chi connectivity index (χ1n) is 4.33. The maximum absolute atomic E-state index is 9.27. The second-order valence-corrected chi connectivity index (χ2v) is 4.27. The van der Waals surface area contributed by atoms with Crippen LogP contribution in [0.5, 0.6) is 0 Å². The van der Waals surface area contributed by atoms with Gasteiger partial charge >= 0.3 is 0 Å². The van der Waals surface area contributed by atoms with Crippen LogP contribution in [0.25, 0.3) is 0 Å². The summed E-state index contributed by atoms with van der Waals surface area (Å²) in [7, 11) is 1.60. The van der Waals surface area contributed by atoms with Crippen LogP contribution >= 0.6 is 0 Å². The summed E-state index contributed by atoms with van der Waals surface area (Å²) in [5, 5.41) is 9.27. The van der Waals surface area contributed by atoms with Crippen molar-refractivity contribution in [2.45, 2.75) is 51.1 Å². The van der Waals surface area contributed by atoms with E-state index in [1.807, 2.05) is 20.8 Å². The van der Waals surface area contributed by atoms with E-state index in [2.05, 4.69) is 0 Å². The Balaban J connectivity index is 2.36. The molecular formula is C9H18O3. The lowest BCUT2D eigenvalue weighted by Gasteiger charge is -2.43. The van der Waals surface area contributed by atoms with Crippen LogP contribution in [0.3, 0.4) is 0 Å². The fourth-order valence-electron chi connectivity index (χ4n) is 1.44. The number of hydrogen-bond donors (Lipinski definition) is 1. The average molecular weight is 174 g/mol. The highest BCUT2D eigenvalue weighted by Gasteiger charge is 2.42. The lowest BCUT2D eigenvalue weighted by molar-refractivity contribution is -0.213. The van der Waals surface area contributed by atoms with Gasteiger partial charge in [-0.05, 0) is 20.8 Å². The molecule has 1 saturated carbocycles. The third kappa shape index (κ3) is 2.19. The van der Waals surface area contributed by atoms with Crippen LogP contribution in [-0.4, -0.2) is 36.1 Å². The molecule has 1 fully saturated rings. The van der Waals surface area contributed by atoms with E-state index in [0.29, 0.717) is 6.42 Å². The molecule has 0 aromatic rings. The third-order valence-electron chi connectivity index (χ3n) is 2.00. The number of hydrogen-bond acceptors (Lipinski definition) is 3.